The smallest absolute Gasteiger partial charge is 0.193 e. The van der Waals surface area contributed by atoms with Crippen LogP contribution in [0.25, 0.3) is 0 Å². The van der Waals surface area contributed by atoms with Crippen LogP contribution >= 0.6 is 0 Å². The van der Waals surface area contributed by atoms with E-state index in [2.05, 4.69) is 22.2 Å². The maximum atomic E-state index is 5.94. The first-order valence-corrected chi connectivity index (χ1v) is 7.70. The maximum Gasteiger partial charge on any atom is 0.193 e. The minimum atomic E-state index is 0.159. The molecule has 0 aliphatic rings. The minimum absolute atomic E-state index is 0.159. The second kappa shape index (κ2) is 7.63. The van der Waals surface area contributed by atoms with Gasteiger partial charge in [0.15, 0.2) is 5.96 Å². The maximum absolute atomic E-state index is 5.94. The number of pyridine rings is 1. The highest BCUT2D eigenvalue weighted by Crippen LogP contribution is 2.16. The van der Waals surface area contributed by atoms with Crippen molar-refractivity contribution in [2.24, 2.45) is 10.7 Å². The molecule has 3 N–H and O–H groups in total. The van der Waals surface area contributed by atoms with E-state index in [4.69, 9.17) is 10.5 Å². The molecule has 5 heteroatoms. The van der Waals surface area contributed by atoms with Gasteiger partial charge in [-0.05, 0) is 69.2 Å². The van der Waals surface area contributed by atoms with Crippen LogP contribution in [0.5, 0.6) is 5.75 Å². The molecular formula is C18H24N4O. The van der Waals surface area contributed by atoms with Crippen molar-refractivity contribution in [1.29, 1.82) is 0 Å². The number of hydrogen-bond donors (Lipinski definition) is 2. The lowest BCUT2D eigenvalue weighted by atomic mass is 10.1. The highest BCUT2D eigenvalue weighted by Gasteiger charge is 2.01. The molecule has 0 atom stereocenters. The van der Waals surface area contributed by atoms with Crippen molar-refractivity contribution in [1.82, 2.24) is 4.98 Å². The molecule has 2 aromatic rings. The van der Waals surface area contributed by atoms with Gasteiger partial charge in [-0.2, -0.15) is 0 Å². The summed E-state index contributed by atoms with van der Waals surface area (Å²) in [5.41, 5.74) is 10.1. The summed E-state index contributed by atoms with van der Waals surface area (Å²) in [6.45, 7) is 8.53. The van der Waals surface area contributed by atoms with Gasteiger partial charge in [0.05, 0.1) is 12.6 Å². The Bertz CT molecular complexity index is 678. The van der Waals surface area contributed by atoms with Crippen molar-refractivity contribution in [2.75, 3.05) is 5.32 Å². The number of nitrogens with one attached hydrogen (secondary N) is 1. The molecule has 0 fully saturated rings. The number of ether oxygens (including phenoxy) is 1. The monoisotopic (exact) mass is 312 g/mol. The van der Waals surface area contributed by atoms with E-state index >= 15 is 0 Å². The Kier molecular flexibility index (Phi) is 5.57. The molecule has 5 nitrogen and oxygen atoms in total. The van der Waals surface area contributed by atoms with Gasteiger partial charge in [-0.3, -0.25) is 4.98 Å². The SMILES string of the molecule is Cc1cc(C)c(CN=C(N)Nc2ccc(OC(C)C)cc2)cn1. The zero-order valence-electron chi connectivity index (χ0n) is 14.1. The number of aromatic nitrogens is 1. The lowest BCUT2D eigenvalue weighted by molar-refractivity contribution is 0.242. The number of aryl methyl sites for hydroxylation is 2. The van der Waals surface area contributed by atoms with Crippen LogP contribution in [-0.2, 0) is 6.54 Å². The van der Waals surface area contributed by atoms with Crippen LogP contribution < -0.4 is 15.8 Å². The Balaban J connectivity index is 1.96. The molecule has 0 amide bonds. The van der Waals surface area contributed by atoms with Crippen molar-refractivity contribution in [3.63, 3.8) is 0 Å². The average Bonchev–Trinajstić information content (AvgIpc) is 2.48. The van der Waals surface area contributed by atoms with Crippen molar-refractivity contribution >= 4 is 11.6 Å². The zero-order valence-corrected chi connectivity index (χ0v) is 14.1. The molecule has 0 bridgehead atoms. The van der Waals surface area contributed by atoms with Crippen LogP contribution in [0, 0.1) is 13.8 Å². The molecule has 0 aliphatic heterocycles. The Morgan fingerprint density at radius 2 is 1.96 bits per heavy atom. The predicted molar refractivity (Wildman–Crippen MR) is 94.9 cm³/mol. The van der Waals surface area contributed by atoms with Gasteiger partial charge < -0.3 is 15.8 Å². The van der Waals surface area contributed by atoms with Crippen LogP contribution in [-0.4, -0.2) is 17.0 Å². The Labute approximate surface area is 137 Å². The predicted octanol–water partition coefficient (Wildman–Crippen LogP) is 3.41. The largest absolute Gasteiger partial charge is 0.491 e. The number of anilines is 1. The van der Waals surface area contributed by atoms with E-state index in [-0.39, 0.29) is 6.10 Å². The van der Waals surface area contributed by atoms with E-state index in [0.717, 1.165) is 22.7 Å². The van der Waals surface area contributed by atoms with Gasteiger partial charge in [0.2, 0.25) is 0 Å². The molecule has 1 aromatic carbocycles. The molecule has 122 valence electrons. The summed E-state index contributed by atoms with van der Waals surface area (Å²) in [4.78, 5) is 8.65. The number of benzene rings is 1. The number of rotatable bonds is 5. The Morgan fingerprint density at radius 3 is 2.57 bits per heavy atom. The zero-order chi connectivity index (χ0) is 16.8. The van der Waals surface area contributed by atoms with Gasteiger partial charge in [-0.15, -0.1) is 0 Å². The van der Waals surface area contributed by atoms with Crippen molar-refractivity contribution in [3.8, 4) is 5.75 Å². The minimum Gasteiger partial charge on any atom is -0.491 e. The Morgan fingerprint density at radius 1 is 1.26 bits per heavy atom. The second-order valence-corrected chi connectivity index (χ2v) is 5.77. The topological polar surface area (TPSA) is 72.5 Å². The van der Waals surface area contributed by atoms with Crippen LogP contribution in [0.15, 0.2) is 41.5 Å². The summed E-state index contributed by atoms with van der Waals surface area (Å²) in [6.07, 6.45) is 2.01. The molecule has 0 radical (unpaired) electrons. The van der Waals surface area contributed by atoms with Crippen LogP contribution in [0.1, 0.15) is 30.7 Å². The molecule has 1 aromatic heterocycles. The summed E-state index contributed by atoms with van der Waals surface area (Å²) in [6, 6.07) is 9.69. The first kappa shape index (κ1) is 16.8. The summed E-state index contributed by atoms with van der Waals surface area (Å²) < 4.78 is 5.61. The number of hydrogen-bond acceptors (Lipinski definition) is 3. The molecule has 0 saturated heterocycles. The average molecular weight is 312 g/mol. The summed E-state index contributed by atoms with van der Waals surface area (Å²) in [5.74, 6) is 1.21. The third kappa shape index (κ3) is 5.29. The number of guanidine groups is 1. The van der Waals surface area contributed by atoms with Gasteiger partial charge in [0.25, 0.3) is 0 Å². The number of aliphatic imine (C=N–C) groups is 1. The highest BCUT2D eigenvalue weighted by molar-refractivity contribution is 5.92. The van der Waals surface area contributed by atoms with Gasteiger partial charge >= 0.3 is 0 Å². The van der Waals surface area contributed by atoms with Gasteiger partial charge in [0.1, 0.15) is 5.75 Å². The normalized spacial score (nSPS) is 11.6. The van der Waals surface area contributed by atoms with E-state index in [9.17, 15) is 0 Å². The number of nitrogens with zero attached hydrogens (tertiary/aromatic N) is 2. The van der Waals surface area contributed by atoms with Gasteiger partial charge in [0, 0.05) is 17.6 Å². The molecule has 1 heterocycles. The molecule has 0 unspecified atom stereocenters. The highest BCUT2D eigenvalue weighted by atomic mass is 16.5. The van der Waals surface area contributed by atoms with Gasteiger partial charge in [-0.25, -0.2) is 4.99 Å². The van der Waals surface area contributed by atoms with Crippen molar-refractivity contribution in [3.05, 3.63) is 53.3 Å². The molecule has 0 aliphatic carbocycles. The third-order valence-electron chi connectivity index (χ3n) is 3.27. The van der Waals surface area contributed by atoms with Crippen LogP contribution in [0.3, 0.4) is 0 Å². The van der Waals surface area contributed by atoms with E-state index in [1.165, 1.54) is 5.56 Å². The van der Waals surface area contributed by atoms with Crippen LogP contribution in [0.4, 0.5) is 5.69 Å². The molecule has 2 rings (SSSR count). The summed E-state index contributed by atoms with van der Waals surface area (Å²) in [5, 5.41) is 3.08. The fourth-order valence-corrected chi connectivity index (χ4v) is 2.14. The molecule has 0 saturated carbocycles. The van der Waals surface area contributed by atoms with Crippen LogP contribution in [0.2, 0.25) is 0 Å². The van der Waals surface area contributed by atoms with E-state index < -0.39 is 0 Å². The lowest BCUT2D eigenvalue weighted by Gasteiger charge is -2.11. The first-order chi connectivity index (χ1) is 10.9. The lowest BCUT2D eigenvalue weighted by Crippen LogP contribution is -2.22. The third-order valence-corrected chi connectivity index (χ3v) is 3.27. The fraction of sp³-hybridized carbons (Fsp3) is 0.333. The Hall–Kier alpha value is -2.56. The van der Waals surface area contributed by atoms with E-state index in [0.29, 0.717) is 12.5 Å². The summed E-state index contributed by atoms with van der Waals surface area (Å²) >= 11 is 0. The fourth-order valence-electron chi connectivity index (χ4n) is 2.14. The standard InChI is InChI=1S/C18H24N4O/c1-12(2)23-17-7-5-16(6-8-17)22-18(19)21-11-15-10-20-14(4)9-13(15)3/h5-10,12H,11H2,1-4H3,(H3,19,21,22). The van der Waals surface area contributed by atoms with Crippen molar-refractivity contribution < 1.29 is 4.74 Å². The molecule has 23 heavy (non-hydrogen) atoms. The first-order valence-electron chi connectivity index (χ1n) is 7.70. The summed E-state index contributed by atoms with van der Waals surface area (Å²) in [7, 11) is 0. The number of nitrogens with two attached hydrogens (primary N) is 1. The van der Waals surface area contributed by atoms with Crippen molar-refractivity contribution in [2.45, 2.75) is 40.3 Å². The van der Waals surface area contributed by atoms with Gasteiger partial charge in [-0.1, -0.05) is 0 Å². The van der Waals surface area contributed by atoms with E-state index in [1.807, 2.05) is 57.3 Å². The molecular weight excluding hydrogens is 288 g/mol. The second-order valence-electron chi connectivity index (χ2n) is 5.77. The van der Waals surface area contributed by atoms with E-state index in [1.54, 1.807) is 0 Å². The molecule has 0 spiro atoms. The quantitative estimate of drug-likeness (QED) is 0.655.